The van der Waals surface area contributed by atoms with Crippen LogP contribution in [0.3, 0.4) is 0 Å². The lowest BCUT2D eigenvalue weighted by atomic mass is 10.1. The van der Waals surface area contributed by atoms with E-state index < -0.39 is 0 Å². The lowest BCUT2D eigenvalue weighted by Crippen LogP contribution is -2.28. The van der Waals surface area contributed by atoms with Gasteiger partial charge in [0, 0.05) is 15.1 Å². The highest BCUT2D eigenvalue weighted by molar-refractivity contribution is 9.10. The molecule has 0 saturated carbocycles. The number of nitrogens with one attached hydrogen (secondary N) is 1. The minimum atomic E-state index is -0.0732. The van der Waals surface area contributed by atoms with Crippen LogP contribution in [0.2, 0.25) is 5.02 Å². The number of carbonyl (C=O) groups excluding carboxylic acids is 1. The first kappa shape index (κ1) is 16.8. The molecule has 5 heteroatoms. The van der Waals surface area contributed by atoms with E-state index in [2.05, 4.69) is 21.2 Å². The third kappa shape index (κ3) is 4.49. The van der Waals surface area contributed by atoms with E-state index in [1.54, 1.807) is 25.3 Å². The second kappa shape index (κ2) is 7.65. The van der Waals surface area contributed by atoms with Crippen molar-refractivity contribution in [2.24, 2.45) is 0 Å². The fraction of sp³-hybridized carbons (Fsp3) is 0.235. The van der Waals surface area contributed by atoms with Gasteiger partial charge in [0.2, 0.25) is 5.91 Å². The van der Waals surface area contributed by atoms with Crippen molar-refractivity contribution in [2.75, 3.05) is 7.11 Å². The normalized spacial score (nSPS) is 11.8. The fourth-order valence-electron chi connectivity index (χ4n) is 2.19. The molecular formula is C17H17BrClNO2. The molecule has 3 nitrogen and oxygen atoms in total. The van der Waals surface area contributed by atoms with Crippen LogP contribution in [0.25, 0.3) is 0 Å². The van der Waals surface area contributed by atoms with E-state index in [4.69, 9.17) is 16.3 Å². The Bertz CT molecular complexity index is 658. The van der Waals surface area contributed by atoms with Gasteiger partial charge in [0.1, 0.15) is 5.75 Å². The van der Waals surface area contributed by atoms with Gasteiger partial charge < -0.3 is 10.1 Å². The average Bonchev–Trinajstić information content (AvgIpc) is 2.48. The predicted molar refractivity (Wildman–Crippen MR) is 92.4 cm³/mol. The highest BCUT2D eigenvalue weighted by atomic mass is 79.9. The maximum Gasteiger partial charge on any atom is 0.225 e. The number of carbonyl (C=O) groups is 1. The summed E-state index contributed by atoms with van der Waals surface area (Å²) in [4.78, 5) is 12.2. The van der Waals surface area contributed by atoms with Crippen molar-refractivity contribution in [1.29, 1.82) is 0 Å². The molecule has 2 rings (SSSR count). The summed E-state index contributed by atoms with van der Waals surface area (Å²) in [5.74, 6) is 0.590. The first-order valence-corrected chi connectivity index (χ1v) is 8.04. The van der Waals surface area contributed by atoms with Gasteiger partial charge in [-0.1, -0.05) is 39.7 Å². The van der Waals surface area contributed by atoms with E-state index in [-0.39, 0.29) is 18.4 Å². The number of methoxy groups -OCH3 is 1. The van der Waals surface area contributed by atoms with Crippen molar-refractivity contribution in [2.45, 2.75) is 19.4 Å². The number of hydrogen-bond acceptors (Lipinski definition) is 2. The Labute approximate surface area is 143 Å². The smallest absolute Gasteiger partial charge is 0.225 e. The van der Waals surface area contributed by atoms with Crippen LogP contribution in [-0.4, -0.2) is 13.0 Å². The van der Waals surface area contributed by atoms with Gasteiger partial charge in [-0.25, -0.2) is 0 Å². The van der Waals surface area contributed by atoms with Crippen LogP contribution in [0.15, 0.2) is 46.9 Å². The lowest BCUT2D eigenvalue weighted by Gasteiger charge is -2.15. The van der Waals surface area contributed by atoms with Crippen molar-refractivity contribution in [3.8, 4) is 5.75 Å². The van der Waals surface area contributed by atoms with Gasteiger partial charge in [0.25, 0.3) is 0 Å². The van der Waals surface area contributed by atoms with Gasteiger partial charge in [-0.2, -0.15) is 0 Å². The summed E-state index contributed by atoms with van der Waals surface area (Å²) in [6.07, 6.45) is 0.227. The molecule has 0 aliphatic heterocycles. The van der Waals surface area contributed by atoms with E-state index in [0.29, 0.717) is 10.8 Å². The van der Waals surface area contributed by atoms with Gasteiger partial charge in [-0.3, -0.25) is 4.79 Å². The van der Waals surface area contributed by atoms with Crippen molar-refractivity contribution >= 4 is 33.4 Å². The molecule has 2 aromatic carbocycles. The van der Waals surface area contributed by atoms with Crippen molar-refractivity contribution < 1.29 is 9.53 Å². The van der Waals surface area contributed by atoms with Crippen molar-refractivity contribution in [1.82, 2.24) is 5.32 Å². The number of ether oxygens (including phenoxy) is 1. The first-order valence-electron chi connectivity index (χ1n) is 6.87. The molecule has 0 unspecified atom stereocenters. The molecule has 0 fully saturated rings. The van der Waals surface area contributed by atoms with Crippen LogP contribution in [-0.2, 0) is 11.2 Å². The number of amides is 1. The topological polar surface area (TPSA) is 38.3 Å². The second-order valence-corrected chi connectivity index (χ2v) is 6.33. The van der Waals surface area contributed by atoms with E-state index in [0.717, 1.165) is 15.6 Å². The molecule has 0 radical (unpaired) electrons. The Hall–Kier alpha value is -1.52. The largest absolute Gasteiger partial charge is 0.496 e. The number of rotatable bonds is 5. The quantitative estimate of drug-likeness (QED) is 0.825. The van der Waals surface area contributed by atoms with Gasteiger partial charge in [-0.05, 0) is 42.8 Å². The molecule has 22 heavy (non-hydrogen) atoms. The maximum absolute atomic E-state index is 12.2. The van der Waals surface area contributed by atoms with E-state index in [1.165, 1.54) is 0 Å². The van der Waals surface area contributed by atoms with Crippen LogP contribution < -0.4 is 10.1 Å². The molecule has 2 aromatic rings. The summed E-state index contributed by atoms with van der Waals surface area (Å²) < 4.78 is 6.27. The molecule has 116 valence electrons. The van der Waals surface area contributed by atoms with Crippen LogP contribution in [0, 0.1) is 0 Å². The van der Waals surface area contributed by atoms with Gasteiger partial charge >= 0.3 is 0 Å². The zero-order valence-corrected chi connectivity index (χ0v) is 14.7. The molecule has 0 bridgehead atoms. The third-order valence-corrected chi connectivity index (χ3v) is 4.10. The molecule has 0 aromatic heterocycles. The SMILES string of the molecule is COc1ccc(Cl)cc1CC(=O)N[C@H](C)c1ccc(Br)cc1. The average molecular weight is 383 g/mol. The van der Waals surface area contributed by atoms with Crippen LogP contribution >= 0.6 is 27.5 Å². The Balaban J connectivity index is 2.03. The molecule has 0 heterocycles. The Morgan fingerprint density at radius 1 is 1.27 bits per heavy atom. The predicted octanol–water partition coefficient (Wildman–Crippen LogP) is 4.53. The molecule has 1 atom stereocenters. The molecule has 0 aliphatic carbocycles. The third-order valence-electron chi connectivity index (χ3n) is 3.34. The minimum Gasteiger partial charge on any atom is -0.496 e. The summed E-state index contributed by atoms with van der Waals surface area (Å²) in [6, 6.07) is 13.1. The minimum absolute atomic E-state index is 0.0641. The summed E-state index contributed by atoms with van der Waals surface area (Å²) in [5, 5.41) is 3.57. The molecule has 0 spiro atoms. The highest BCUT2D eigenvalue weighted by Crippen LogP contribution is 2.23. The number of halogens is 2. The summed E-state index contributed by atoms with van der Waals surface area (Å²) in [6.45, 7) is 1.95. The summed E-state index contributed by atoms with van der Waals surface area (Å²) in [5.41, 5.74) is 1.82. The summed E-state index contributed by atoms with van der Waals surface area (Å²) >= 11 is 9.38. The molecule has 1 amide bonds. The van der Waals surface area contributed by atoms with Gasteiger partial charge in [0.15, 0.2) is 0 Å². The van der Waals surface area contributed by atoms with E-state index in [9.17, 15) is 4.79 Å². The molecular weight excluding hydrogens is 366 g/mol. The Morgan fingerprint density at radius 3 is 2.59 bits per heavy atom. The first-order chi connectivity index (χ1) is 10.5. The van der Waals surface area contributed by atoms with Crippen LogP contribution in [0.1, 0.15) is 24.1 Å². The van der Waals surface area contributed by atoms with Crippen molar-refractivity contribution in [3.05, 3.63) is 63.1 Å². The van der Waals surface area contributed by atoms with Crippen molar-refractivity contribution in [3.63, 3.8) is 0 Å². The highest BCUT2D eigenvalue weighted by Gasteiger charge is 2.13. The van der Waals surface area contributed by atoms with E-state index in [1.807, 2.05) is 31.2 Å². The molecule has 0 saturated heterocycles. The Kier molecular flexibility index (Phi) is 5.86. The summed E-state index contributed by atoms with van der Waals surface area (Å²) in [7, 11) is 1.58. The maximum atomic E-state index is 12.2. The zero-order valence-electron chi connectivity index (χ0n) is 12.4. The van der Waals surface area contributed by atoms with Crippen LogP contribution in [0.4, 0.5) is 0 Å². The molecule has 0 aliphatic rings. The van der Waals surface area contributed by atoms with Gasteiger partial charge in [0.05, 0.1) is 19.6 Å². The second-order valence-electron chi connectivity index (χ2n) is 4.97. The lowest BCUT2D eigenvalue weighted by molar-refractivity contribution is -0.121. The fourth-order valence-corrected chi connectivity index (χ4v) is 2.64. The van der Waals surface area contributed by atoms with E-state index >= 15 is 0 Å². The Morgan fingerprint density at radius 2 is 1.95 bits per heavy atom. The number of benzene rings is 2. The zero-order chi connectivity index (χ0) is 16.1. The number of hydrogen-bond donors (Lipinski definition) is 1. The van der Waals surface area contributed by atoms with Gasteiger partial charge in [-0.15, -0.1) is 0 Å². The monoisotopic (exact) mass is 381 g/mol. The standard InChI is InChI=1S/C17H17BrClNO2/c1-11(12-3-5-14(18)6-4-12)20-17(21)10-13-9-15(19)7-8-16(13)22-2/h3-9,11H,10H2,1-2H3,(H,20,21)/t11-/m1/s1. The molecule has 1 N–H and O–H groups in total. The van der Waals surface area contributed by atoms with Crippen LogP contribution in [0.5, 0.6) is 5.75 Å².